The second kappa shape index (κ2) is 7.33. The molecule has 0 saturated heterocycles. The highest BCUT2D eigenvalue weighted by Gasteiger charge is 2.15. The molecule has 0 N–H and O–H groups in total. The van der Waals surface area contributed by atoms with Gasteiger partial charge in [0.2, 0.25) is 0 Å². The summed E-state index contributed by atoms with van der Waals surface area (Å²) in [6.45, 7) is 11.4. The van der Waals surface area contributed by atoms with Gasteiger partial charge in [0, 0.05) is 0 Å². The molecule has 17 heavy (non-hydrogen) atoms. The molecule has 0 saturated carbocycles. The monoisotopic (exact) mass is 244 g/mol. The second-order valence-electron chi connectivity index (χ2n) is 4.95. The molecule has 4 heteroatoms. The van der Waals surface area contributed by atoms with E-state index in [1.54, 1.807) is 13.8 Å². The molecule has 0 radical (unpaired) electrons. The van der Waals surface area contributed by atoms with E-state index in [9.17, 15) is 4.79 Å². The minimum absolute atomic E-state index is 0.353. The van der Waals surface area contributed by atoms with Gasteiger partial charge in [0.1, 0.15) is 11.4 Å². The van der Waals surface area contributed by atoms with Crippen LogP contribution in [0, 0.1) is 0 Å². The third-order valence-electron chi connectivity index (χ3n) is 1.98. The second-order valence-corrected chi connectivity index (χ2v) is 4.95. The summed E-state index contributed by atoms with van der Waals surface area (Å²) in [5.74, 6) is 0.0786. The van der Waals surface area contributed by atoms with E-state index in [1.807, 2.05) is 27.7 Å². The van der Waals surface area contributed by atoms with Crippen LogP contribution in [-0.2, 0) is 19.3 Å². The van der Waals surface area contributed by atoms with Crippen molar-refractivity contribution in [2.75, 3.05) is 6.61 Å². The van der Waals surface area contributed by atoms with E-state index in [-0.39, 0.29) is 5.97 Å². The Kier molecular flexibility index (Phi) is 6.88. The van der Waals surface area contributed by atoms with Gasteiger partial charge in [-0.15, -0.1) is 0 Å². The predicted octanol–water partition coefficient (Wildman–Crippen LogP) is 3.37. The summed E-state index contributed by atoms with van der Waals surface area (Å²) in [6, 6.07) is 0. The van der Waals surface area contributed by atoms with Gasteiger partial charge in [0.15, 0.2) is 0 Å². The molecule has 0 rings (SSSR count). The molecule has 0 aliphatic heterocycles. The van der Waals surface area contributed by atoms with Crippen molar-refractivity contribution in [1.82, 2.24) is 0 Å². The molecule has 0 fully saturated rings. The molecule has 0 aromatic rings. The van der Waals surface area contributed by atoms with Gasteiger partial charge >= 0.3 is 5.97 Å². The quantitative estimate of drug-likeness (QED) is 0.179. The number of ether oxygens (including phenoxy) is 1. The standard InChI is InChI=1S/C13H24O4/c1-7-8-9-15-12(14)10(2)11(3)16-17-13(4,5)6/h7-9H2,1-6H3. The van der Waals surface area contributed by atoms with Crippen molar-refractivity contribution in [3.63, 3.8) is 0 Å². The summed E-state index contributed by atoms with van der Waals surface area (Å²) in [6.07, 6.45) is 1.87. The number of rotatable bonds is 6. The molecule has 0 aromatic carbocycles. The third-order valence-corrected chi connectivity index (χ3v) is 1.98. The molecule has 0 amide bonds. The summed E-state index contributed by atoms with van der Waals surface area (Å²) < 4.78 is 5.06. The van der Waals surface area contributed by atoms with E-state index in [1.165, 1.54) is 0 Å². The first-order chi connectivity index (χ1) is 7.78. The van der Waals surface area contributed by atoms with Gasteiger partial charge in [0.25, 0.3) is 0 Å². The zero-order valence-corrected chi connectivity index (χ0v) is 11.8. The Morgan fingerprint density at radius 2 is 1.76 bits per heavy atom. The topological polar surface area (TPSA) is 44.8 Å². The molecule has 0 heterocycles. The minimum Gasteiger partial charge on any atom is -0.462 e. The zero-order valence-electron chi connectivity index (χ0n) is 11.8. The van der Waals surface area contributed by atoms with E-state index in [0.29, 0.717) is 17.9 Å². The number of allylic oxidation sites excluding steroid dienone is 1. The average Bonchev–Trinajstić information content (AvgIpc) is 2.24. The number of esters is 1. The highest BCUT2D eigenvalue weighted by atomic mass is 17.2. The number of hydrogen-bond acceptors (Lipinski definition) is 4. The first-order valence-electron chi connectivity index (χ1n) is 5.98. The molecule has 0 atom stereocenters. The fraction of sp³-hybridized carbons (Fsp3) is 0.769. The first-order valence-corrected chi connectivity index (χ1v) is 5.98. The van der Waals surface area contributed by atoms with Crippen LogP contribution < -0.4 is 0 Å². The fourth-order valence-corrected chi connectivity index (χ4v) is 0.811. The van der Waals surface area contributed by atoms with Gasteiger partial charge in [0.05, 0.1) is 12.2 Å². The van der Waals surface area contributed by atoms with E-state index >= 15 is 0 Å². The fourth-order valence-electron chi connectivity index (χ4n) is 0.811. The van der Waals surface area contributed by atoms with Crippen LogP contribution in [0.25, 0.3) is 0 Å². The van der Waals surface area contributed by atoms with Crippen LogP contribution in [0.5, 0.6) is 0 Å². The Morgan fingerprint density at radius 1 is 1.18 bits per heavy atom. The molecular weight excluding hydrogens is 220 g/mol. The Hall–Kier alpha value is -1.03. The molecule has 100 valence electrons. The Labute approximate surface area is 104 Å². The van der Waals surface area contributed by atoms with Gasteiger partial charge < -0.3 is 9.62 Å². The zero-order chi connectivity index (χ0) is 13.5. The lowest BCUT2D eigenvalue weighted by Crippen LogP contribution is -2.19. The van der Waals surface area contributed by atoms with E-state index < -0.39 is 5.60 Å². The molecule has 0 aliphatic rings. The molecular formula is C13H24O4. The minimum atomic E-state index is -0.409. The maximum atomic E-state index is 11.6. The lowest BCUT2D eigenvalue weighted by Gasteiger charge is -2.18. The molecule has 0 aliphatic carbocycles. The third kappa shape index (κ3) is 7.80. The van der Waals surface area contributed by atoms with E-state index in [0.717, 1.165) is 12.8 Å². The number of carbonyl (C=O) groups is 1. The highest BCUT2D eigenvalue weighted by molar-refractivity contribution is 5.88. The van der Waals surface area contributed by atoms with Crippen LogP contribution in [0.3, 0.4) is 0 Å². The van der Waals surface area contributed by atoms with E-state index in [4.69, 9.17) is 14.5 Å². The Morgan fingerprint density at radius 3 is 2.24 bits per heavy atom. The van der Waals surface area contributed by atoms with Crippen molar-refractivity contribution < 1.29 is 19.3 Å². The summed E-state index contributed by atoms with van der Waals surface area (Å²) in [7, 11) is 0. The highest BCUT2D eigenvalue weighted by Crippen LogP contribution is 2.14. The number of unbranched alkanes of at least 4 members (excludes halogenated alkanes) is 1. The van der Waals surface area contributed by atoms with E-state index in [2.05, 4.69) is 0 Å². The van der Waals surface area contributed by atoms with Crippen molar-refractivity contribution in [3.8, 4) is 0 Å². The van der Waals surface area contributed by atoms with Crippen molar-refractivity contribution in [2.24, 2.45) is 0 Å². The van der Waals surface area contributed by atoms with Crippen molar-refractivity contribution >= 4 is 5.97 Å². The van der Waals surface area contributed by atoms with Gasteiger partial charge in [-0.2, -0.15) is 4.89 Å². The number of hydrogen-bond donors (Lipinski definition) is 0. The SMILES string of the molecule is CCCCOC(=O)C(C)=C(C)OOC(C)(C)C. The van der Waals surface area contributed by atoms with Gasteiger partial charge in [-0.3, -0.25) is 0 Å². The molecule has 0 unspecified atom stereocenters. The van der Waals surface area contributed by atoms with Crippen molar-refractivity contribution in [1.29, 1.82) is 0 Å². The van der Waals surface area contributed by atoms with Crippen LogP contribution in [0.2, 0.25) is 0 Å². The average molecular weight is 244 g/mol. The lowest BCUT2D eigenvalue weighted by atomic mass is 10.2. The summed E-state index contributed by atoms with van der Waals surface area (Å²) in [5, 5.41) is 0. The largest absolute Gasteiger partial charge is 0.462 e. The molecule has 4 nitrogen and oxygen atoms in total. The van der Waals surface area contributed by atoms with Gasteiger partial charge in [-0.25, -0.2) is 4.79 Å². The van der Waals surface area contributed by atoms with Gasteiger partial charge in [-0.1, -0.05) is 13.3 Å². The maximum Gasteiger partial charge on any atom is 0.337 e. The molecule has 0 bridgehead atoms. The summed E-state index contributed by atoms with van der Waals surface area (Å²) >= 11 is 0. The lowest BCUT2D eigenvalue weighted by molar-refractivity contribution is -0.321. The van der Waals surface area contributed by atoms with Crippen LogP contribution in [0.1, 0.15) is 54.4 Å². The smallest absolute Gasteiger partial charge is 0.337 e. The summed E-state index contributed by atoms with van der Waals surface area (Å²) in [4.78, 5) is 21.8. The Bertz CT molecular complexity index is 274. The predicted molar refractivity (Wildman–Crippen MR) is 66.2 cm³/mol. The van der Waals surface area contributed by atoms with Crippen molar-refractivity contribution in [3.05, 3.63) is 11.3 Å². The molecule has 0 spiro atoms. The first kappa shape index (κ1) is 16.0. The maximum absolute atomic E-state index is 11.6. The van der Waals surface area contributed by atoms with Crippen molar-refractivity contribution in [2.45, 2.75) is 60.0 Å². The van der Waals surface area contributed by atoms with Crippen LogP contribution >= 0.6 is 0 Å². The normalized spacial score (nSPS) is 13.1. The summed E-state index contributed by atoms with van der Waals surface area (Å²) in [5.41, 5.74) is 0.0264. The van der Waals surface area contributed by atoms with Gasteiger partial charge in [-0.05, 0) is 41.0 Å². The van der Waals surface area contributed by atoms with Crippen LogP contribution in [0.4, 0.5) is 0 Å². The molecule has 0 aromatic heterocycles. The van der Waals surface area contributed by atoms with Crippen LogP contribution in [-0.4, -0.2) is 18.2 Å². The Balaban J connectivity index is 4.23. The number of carbonyl (C=O) groups excluding carboxylic acids is 1. The van der Waals surface area contributed by atoms with Crippen LogP contribution in [0.15, 0.2) is 11.3 Å².